The number of hydrogen-bond donors (Lipinski definition) is 1. The van der Waals surface area contributed by atoms with Crippen molar-refractivity contribution in [3.63, 3.8) is 0 Å². The standard InChI is InChI=1S/C14H16N2O2/c17-16(18)11-13(10-14-7-4-8-15-14)9-12-5-2-1-3-6-12/h1-8,13,15H,9-11H2/t13-/m0/s1. The van der Waals surface area contributed by atoms with Crippen molar-refractivity contribution in [2.75, 3.05) is 6.54 Å². The number of H-pyrrole nitrogens is 1. The Hall–Kier alpha value is -2.10. The second-order valence-corrected chi connectivity index (χ2v) is 4.47. The third-order valence-corrected chi connectivity index (χ3v) is 2.95. The molecule has 94 valence electrons. The van der Waals surface area contributed by atoms with Crippen LogP contribution in [0.1, 0.15) is 11.3 Å². The molecule has 0 aliphatic rings. The van der Waals surface area contributed by atoms with E-state index in [1.165, 1.54) is 0 Å². The zero-order valence-corrected chi connectivity index (χ0v) is 10.1. The molecule has 0 bridgehead atoms. The minimum Gasteiger partial charge on any atom is -0.365 e. The molecule has 2 rings (SSSR count). The molecule has 1 aromatic carbocycles. The van der Waals surface area contributed by atoms with Crippen LogP contribution in [0.3, 0.4) is 0 Å². The Balaban J connectivity index is 2.03. The Morgan fingerprint density at radius 3 is 2.50 bits per heavy atom. The average molecular weight is 244 g/mol. The Bertz CT molecular complexity index is 480. The van der Waals surface area contributed by atoms with Crippen LogP contribution in [0.15, 0.2) is 48.7 Å². The predicted octanol–water partition coefficient (Wildman–Crippen LogP) is 2.69. The zero-order valence-electron chi connectivity index (χ0n) is 10.1. The molecule has 2 aromatic rings. The summed E-state index contributed by atoms with van der Waals surface area (Å²) < 4.78 is 0. The van der Waals surface area contributed by atoms with Crippen LogP contribution < -0.4 is 0 Å². The molecule has 1 atom stereocenters. The van der Waals surface area contributed by atoms with Gasteiger partial charge in [-0.1, -0.05) is 30.3 Å². The van der Waals surface area contributed by atoms with E-state index in [1.807, 2.05) is 48.7 Å². The van der Waals surface area contributed by atoms with Crippen molar-refractivity contribution in [1.82, 2.24) is 4.98 Å². The maximum atomic E-state index is 10.7. The number of hydrogen-bond acceptors (Lipinski definition) is 2. The summed E-state index contributed by atoms with van der Waals surface area (Å²) in [6.07, 6.45) is 3.30. The van der Waals surface area contributed by atoms with Gasteiger partial charge in [-0.2, -0.15) is 0 Å². The highest BCUT2D eigenvalue weighted by molar-refractivity contribution is 5.16. The molecule has 1 aromatic heterocycles. The summed E-state index contributed by atoms with van der Waals surface area (Å²) in [4.78, 5) is 13.6. The smallest absolute Gasteiger partial charge is 0.207 e. The third-order valence-electron chi connectivity index (χ3n) is 2.95. The lowest BCUT2D eigenvalue weighted by Gasteiger charge is -2.12. The molecule has 4 heteroatoms. The summed E-state index contributed by atoms with van der Waals surface area (Å²) in [5.41, 5.74) is 2.20. The molecule has 0 aliphatic carbocycles. The van der Waals surface area contributed by atoms with Gasteiger partial charge in [-0.25, -0.2) is 0 Å². The molecule has 1 heterocycles. The molecule has 1 N–H and O–H groups in total. The van der Waals surface area contributed by atoms with Crippen LogP contribution in [-0.2, 0) is 12.8 Å². The van der Waals surface area contributed by atoms with Crippen molar-refractivity contribution in [3.8, 4) is 0 Å². The molecule has 4 nitrogen and oxygen atoms in total. The van der Waals surface area contributed by atoms with Crippen LogP contribution >= 0.6 is 0 Å². The Kier molecular flexibility index (Phi) is 4.12. The molecular formula is C14H16N2O2. The molecule has 0 saturated heterocycles. The van der Waals surface area contributed by atoms with Gasteiger partial charge in [-0.05, 0) is 30.5 Å². The van der Waals surface area contributed by atoms with E-state index >= 15 is 0 Å². The number of nitrogens with one attached hydrogen (secondary N) is 1. The molecule has 0 saturated carbocycles. The van der Waals surface area contributed by atoms with Gasteiger partial charge in [0.1, 0.15) is 0 Å². The molecule has 18 heavy (non-hydrogen) atoms. The monoisotopic (exact) mass is 244 g/mol. The highest BCUT2D eigenvalue weighted by atomic mass is 16.6. The largest absolute Gasteiger partial charge is 0.365 e. The summed E-state index contributed by atoms with van der Waals surface area (Å²) in [7, 11) is 0. The van der Waals surface area contributed by atoms with Crippen LogP contribution in [0.4, 0.5) is 0 Å². The quantitative estimate of drug-likeness (QED) is 0.627. The third kappa shape index (κ3) is 3.73. The average Bonchev–Trinajstić information content (AvgIpc) is 2.82. The van der Waals surface area contributed by atoms with Crippen LogP contribution in [0, 0.1) is 16.0 Å². The first-order valence-electron chi connectivity index (χ1n) is 6.02. The summed E-state index contributed by atoms with van der Waals surface area (Å²) in [6, 6.07) is 13.8. The van der Waals surface area contributed by atoms with E-state index in [4.69, 9.17) is 0 Å². The van der Waals surface area contributed by atoms with Gasteiger partial charge in [0, 0.05) is 22.7 Å². The molecule has 0 spiro atoms. The zero-order chi connectivity index (χ0) is 12.8. The summed E-state index contributed by atoms with van der Waals surface area (Å²) in [5.74, 6) is 0.0287. The molecule has 0 radical (unpaired) electrons. The lowest BCUT2D eigenvalue weighted by molar-refractivity contribution is -0.488. The fourth-order valence-electron chi connectivity index (χ4n) is 2.17. The van der Waals surface area contributed by atoms with Gasteiger partial charge < -0.3 is 4.98 Å². The number of benzene rings is 1. The van der Waals surface area contributed by atoms with E-state index in [1.54, 1.807) is 0 Å². The van der Waals surface area contributed by atoms with Crippen molar-refractivity contribution in [2.45, 2.75) is 12.8 Å². The Labute approximate surface area is 106 Å². The number of nitrogens with zero attached hydrogens (tertiary/aromatic N) is 1. The van der Waals surface area contributed by atoms with Gasteiger partial charge >= 0.3 is 0 Å². The fraction of sp³-hybridized carbons (Fsp3) is 0.286. The molecule has 0 fully saturated rings. The summed E-state index contributed by atoms with van der Waals surface area (Å²) >= 11 is 0. The highest BCUT2D eigenvalue weighted by Crippen LogP contribution is 2.14. The lowest BCUT2D eigenvalue weighted by atomic mass is 9.95. The minimum atomic E-state index is -0.226. The molecular weight excluding hydrogens is 228 g/mol. The van der Waals surface area contributed by atoms with Crippen molar-refractivity contribution >= 4 is 0 Å². The van der Waals surface area contributed by atoms with E-state index in [9.17, 15) is 10.1 Å². The summed E-state index contributed by atoms with van der Waals surface area (Å²) in [5, 5.41) is 10.7. The lowest BCUT2D eigenvalue weighted by Crippen LogP contribution is -2.19. The van der Waals surface area contributed by atoms with E-state index in [0.717, 1.165) is 17.7 Å². The second-order valence-electron chi connectivity index (χ2n) is 4.47. The van der Waals surface area contributed by atoms with Crippen LogP contribution in [0.2, 0.25) is 0 Å². The molecule has 0 amide bonds. The van der Waals surface area contributed by atoms with Gasteiger partial charge in [0.15, 0.2) is 0 Å². The number of rotatable bonds is 6. The van der Waals surface area contributed by atoms with Crippen LogP contribution in [-0.4, -0.2) is 16.5 Å². The SMILES string of the molecule is O=[N+]([O-])C[C@@H](Cc1ccccc1)Cc1ccc[nH]1. The fourth-order valence-corrected chi connectivity index (χ4v) is 2.17. The van der Waals surface area contributed by atoms with Gasteiger partial charge in [0.2, 0.25) is 6.54 Å². The van der Waals surface area contributed by atoms with Crippen molar-refractivity contribution < 1.29 is 4.92 Å². The van der Waals surface area contributed by atoms with E-state index in [0.29, 0.717) is 6.42 Å². The van der Waals surface area contributed by atoms with Gasteiger partial charge in [0.05, 0.1) is 0 Å². The first-order chi connectivity index (χ1) is 8.74. The normalized spacial score (nSPS) is 12.2. The first-order valence-corrected chi connectivity index (χ1v) is 6.02. The summed E-state index contributed by atoms with van der Waals surface area (Å²) in [6.45, 7) is 0.00785. The van der Waals surface area contributed by atoms with Crippen LogP contribution in [0.25, 0.3) is 0 Å². The maximum absolute atomic E-state index is 10.7. The van der Waals surface area contributed by atoms with Crippen molar-refractivity contribution in [1.29, 1.82) is 0 Å². The minimum absolute atomic E-state index is 0.00785. The maximum Gasteiger partial charge on any atom is 0.207 e. The number of aromatic amines is 1. The van der Waals surface area contributed by atoms with E-state index in [-0.39, 0.29) is 17.4 Å². The Morgan fingerprint density at radius 2 is 1.89 bits per heavy atom. The van der Waals surface area contributed by atoms with Gasteiger partial charge in [0.25, 0.3) is 0 Å². The first kappa shape index (κ1) is 12.4. The van der Waals surface area contributed by atoms with Crippen molar-refractivity contribution in [3.05, 3.63) is 70.0 Å². The van der Waals surface area contributed by atoms with Crippen molar-refractivity contribution in [2.24, 2.45) is 5.92 Å². The Morgan fingerprint density at radius 1 is 1.11 bits per heavy atom. The predicted molar refractivity (Wildman–Crippen MR) is 70.0 cm³/mol. The van der Waals surface area contributed by atoms with Crippen LogP contribution in [0.5, 0.6) is 0 Å². The number of nitro groups is 1. The van der Waals surface area contributed by atoms with Gasteiger partial charge in [-0.3, -0.25) is 10.1 Å². The van der Waals surface area contributed by atoms with E-state index in [2.05, 4.69) is 4.98 Å². The molecule has 0 aliphatic heterocycles. The topological polar surface area (TPSA) is 58.9 Å². The second kappa shape index (κ2) is 6.00. The highest BCUT2D eigenvalue weighted by Gasteiger charge is 2.17. The van der Waals surface area contributed by atoms with E-state index < -0.39 is 0 Å². The van der Waals surface area contributed by atoms with Gasteiger partial charge in [-0.15, -0.1) is 0 Å². The number of aromatic nitrogens is 1. The molecule has 0 unspecified atom stereocenters.